The van der Waals surface area contributed by atoms with E-state index in [2.05, 4.69) is 9.71 Å². The van der Waals surface area contributed by atoms with E-state index in [9.17, 15) is 8.42 Å². The summed E-state index contributed by atoms with van der Waals surface area (Å²) < 4.78 is 27.7. The Morgan fingerprint density at radius 3 is 2.56 bits per heavy atom. The Balaban J connectivity index is 1.95. The van der Waals surface area contributed by atoms with Crippen molar-refractivity contribution in [1.29, 1.82) is 5.26 Å². The van der Waals surface area contributed by atoms with Gasteiger partial charge in [-0.3, -0.25) is 9.71 Å². The van der Waals surface area contributed by atoms with Gasteiger partial charge in [0.1, 0.15) is 6.07 Å². The Labute approximate surface area is 150 Å². The van der Waals surface area contributed by atoms with Crippen molar-refractivity contribution in [2.75, 3.05) is 4.72 Å². The van der Waals surface area contributed by atoms with Crippen LogP contribution in [0.3, 0.4) is 0 Å². The molecule has 0 spiro atoms. The highest BCUT2D eigenvalue weighted by atomic mass is 32.2. The molecule has 5 nitrogen and oxygen atoms in total. The molecule has 0 saturated carbocycles. The molecule has 1 aromatic carbocycles. The van der Waals surface area contributed by atoms with Crippen LogP contribution in [0.2, 0.25) is 0 Å². The summed E-state index contributed by atoms with van der Waals surface area (Å²) in [5.41, 5.74) is 3.24. The molecule has 2 aromatic heterocycles. The SMILES string of the molecule is Cc1cc(S(=O)(=O)Nc2cc(-c3ccc(C#N)cn3)ccc2C)cs1. The lowest BCUT2D eigenvalue weighted by Gasteiger charge is -2.11. The van der Waals surface area contributed by atoms with E-state index in [-0.39, 0.29) is 4.90 Å². The van der Waals surface area contributed by atoms with E-state index in [0.717, 1.165) is 16.0 Å². The first kappa shape index (κ1) is 17.1. The predicted molar refractivity (Wildman–Crippen MR) is 99.0 cm³/mol. The fraction of sp³-hybridized carbons (Fsp3) is 0.111. The Kier molecular flexibility index (Phi) is 4.57. The number of nitriles is 1. The minimum absolute atomic E-state index is 0.260. The molecular weight excluding hydrogens is 354 g/mol. The van der Waals surface area contributed by atoms with Gasteiger partial charge in [0.05, 0.1) is 21.8 Å². The van der Waals surface area contributed by atoms with Crippen molar-refractivity contribution in [3.63, 3.8) is 0 Å². The standard InChI is InChI=1S/C18H15N3O2S2/c1-12-3-5-15(17-6-4-14(9-19)10-20-17)8-18(12)21-25(22,23)16-7-13(2)24-11-16/h3-8,10-11,21H,1-2H3. The first-order valence-electron chi connectivity index (χ1n) is 7.44. The molecule has 25 heavy (non-hydrogen) atoms. The smallest absolute Gasteiger partial charge is 0.262 e. The maximum atomic E-state index is 12.5. The quantitative estimate of drug-likeness (QED) is 0.750. The van der Waals surface area contributed by atoms with E-state index >= 15 is 0 Å². The number of nitrogens with one attached hydrogen (secondary N) is 1. The van der Waals surface area contributed by atoms with Gasteiger partial charge in [0.15, 0.2) is 0 Å². The summed E-state index contributed by atoms with van der Waals surface area (Å²) >= 11 is 1.39. The summed E-state index contributed by atoms with van der Waals surface area (Å²) in [6.45, 7) is 3.71. The number of hydrogen-bond acceptors (Lipinski definition) is 5. The summed E-state index contributed by atoms with van der Waals surface area (Å²) in [4.78, 5) is 5.45. The van der Waals surface area contributed by atoms with Gasteiger partial charge in [-0.1, -0.05) is 12.1 Å². The number of benzene rings is 1. The summed E-state index contributed by atoms with van der Waals surface area (Å²) in [6.07, 6.45) is 1.49. The maximum Gasteiger partial charge on any atom is 0.262 e. The fourth-order valence-electron chi connectivity index (χ4n) is 2.29. The number of aromatic nitrogens is 1. The molecular formula is C18H15N3O2S2. The molecule has 0 saturated heterocycles. The van der Waals surface area contributed by atoms with Gasteiger partial charge in [-0.25, -0.2) is 8.42 Å². The average Bonchev–Trinajstić information content (AvgIpc) is 3.04. The topological polar surface area (TPSA) is 82.9 Å². The summed E-state index contributed by atoms with van der Waals surface area (Å²) in [7, 11) is -3.63. The zero-order chi connectivity index (χ0) is 18.0. The first-order valence-corrected chi connectivity index (χ1v) is 9.80. The highest BCUT2D eigenvalue weighted by molar-refractivity contribution is 7.92. The molecule has 0 atom stereocenters. The number of sulfonamides is 1. The zero-order valence-electron chi connectivity index (χ0n) is 13.6. The number of rotatable bonds is 4. The second-order valence-electron chi connectivity index (χ2n) is 5.57. The largest absolute Gasteiger partial charge is 0.279 e. The third kappa shape index (κ3) is 3.71. The van der Waals surface area contributed by atoms with Crippen LogP contribution < -0.4 is 4.72 Å². The molecule has 0 aliphatic heterocycles. The number of anilines is 1. The molecule has 0 aliphatic rings. The summed E-state index contributed by atoms with van der Waals surface area (Å²) in [6, 6.07) is 12.6. The summed E-state index contributed by atoms with van der Waals surface area (Å²) in [5, 5.41) is 10.5. The third-order valence-electron chi connectivity index (χ3n) is 3.69. The minimum atomic E-state index is -3.63. The van der Waals surface area contributed by atoms with Gasteiger partial charge < -0.3 is 0 Å². The fourth-order valence-corrected chi connectivity index (χ4v) is 4.54. The highest BCUT2D eigenvalue weighted by Crippen LogP contribution is 2.27. The second-order valence-corrected chi connectivity index (χ2v) is 8.37. The molecule has 3 aromatic rings. The Hall–Kier alpha value is -2.69. The van der Waals surface area contributed by atoms with Gasteiger partial charge in [0, 0.05) is 22.0 Å². The van der Waals surface area contributed by atoms with Crippen molar-refractivity contribution in [3.05, 3.63) is 64.0 Å². The third-order valence-corrected chi connectivity index (χ3v) is 6.04. The van der Waals surface area contributed by atoms with Crippen molar-refractivity contribution in [1.82, 2.24) is 4.98 Å². The van der Waals surface area contributed by atoms with Crippen molar-refractivity contribution in [2.24, 2.45) is 0 Å². The molecule has 0 bridgehead atoms. The monoisotopic (exact) mass is 369 g/mol. The number of aryl methyl sites for hydroxylation is 2. The van der Waals surface area contributed by atoms with Gasteiger partial charge in [-0.05, 0) is 43.7 Å². The van der Waals surface area contributed by atoms with Crippen LogP contribution in [-0.2, 0) is 10.0 Å². The molecule has 0 aliphatic carbocycles. The lowest BCUT2D eigenvalue weighted by molar-refractivity contribution is 0.601. The molecule has 0 unspecified atom stereocenters. The van der Waals surface area contributed by atoms with E-state index < -0.39 is 10.0 Å². The van der Waals surface area contributed by atoms with Crippen LogP contribution in [0, 0.1) is 25.2 Å². The Bertz CT molecular complexity index is 1060. The molecule has 3 rings (SSSR count). The molecule has 2 heterocycles. The minimum Gasteiger partial charge on any atom is -0.279 e. The average molecular weight is 369 g/mol. The lowest BCUT2D eigenvalue weighted by Crippen LogP contribution is -2.13. The number of hydrogen-bond donors (Lipinski definition) is 1. The van der Waals surface area contributed by atoms with Gasteiger partial charge in [-0.15, -0.1) is 11.3 Å². The highest BCUT2D eigenvalue weighted by Gasteiger charge is 2.17. The number of nitrogens with zero attached hydrogens (tertiary/aromatic N) is 2. The molecule has 0 amide bonds. The van der Waals surface area contributed by atoms with Crippen LogP contribution in [0.25, 0.3) is 11.3 Å². The molecule has 0 fully saturated rings. The lowest BCUT2D eigenvalue weighted by atomic mass is 10.1. The second kappa shape index (κ2) is 6.67. The van der Waals surface area contributed by atoms with Crippen LogP contribution in [0.5, 0.6) is 0 Å². The number of thiophene rings is 1. The van der Waals surface area contributed by atoms with Crippen molar-refractivity contribution in [2.45, 2.75) is 18.7 Å². The Morgan fingerprint density at radius 2 is 1.96 bits per heavy atom. The van der Waals surface area contributed by atoms with Crippen molar-refractivity contribution >= 4 is 27.0 Å². The van der Waals surface area contributed by atoms with Crippen molar-refractivity contribution in [3.8, 4) is 17.3 Å². The van der Waals surface area contributed by atoms with Gasteiger partial charge in [0.25, 0.3) is 10.0 Å². The molecule has 0 radical (unpaired) electrons. The zero-order valence-corrected chi connectivity index (χ0v) is 15.3. The van der Waals surface area contributed by atoms with Crippen LogP contribution >= 0.6 is 11.3 Å². The summed E-state index contributed by atoms with van der Waals surface area (Å²) in [5.74, 6) is 0. The Morgan fingerprint density at radius 1 is 1.16 bits per heavy atom. The van der Waals surface area contributed by atoms with Crippen LogP contribution in [0.15, 0.2) is 52.9 Å². The maximum absolute atomic E-state index is 12.5. The van der Waals surface area contributed by atoms with E-state index in [1.807, 2.05) is 32.0 Å². The van der Waals surface area contributed by atoms with Crippen molar-refractivity contribution < 1.29 is 8.42 Å². The van der Waals surface area contributed by atoms with Gasteiger partial charge in [0.2, 0.25) is 0 Å². The number of pyridine rings is 1. The van der Waals surface area contributed by atoms with E-state index in [0.29, 0.717) is 16.9 Å². The normalized spacial score (nSPS) is 11.1. The van der Waals surface area contributed by atoms with E-state index in [4.69, 9.17) is 5.26 Å². The van der Waals surface area contributed by atoms with Crippen LogP contribution in [-0.4, -0.2) is 13.4 Å². The van der Waals surface area contributed by atoms with E-state index in [1.165, 1.54) is 17.5 Å². The van der Waals surface area contributed by atoms with E-state index in [1.54, 1.807) is 29.6 Å². The molecule has 126 valence electrons. The van der Waals surface area contributed by atoms with Gasteiger partial charge >= 0.3 is 0 Å². The van der Waals surface area contributed by atoms with Crippen LogP contribution in [0.4, 0.5) is 5.69 Å². The van der Waals surface area contributed by atoms with Crippen LogP contribution in [0.1, 0.15) is 16.0 Å². The predicted octanol–water partition coefficient (Wildman–Crippen LogP) is 4.10. The molecule has 1 N–H and O–H groups in total. The molecule has 7 heteroatoms. The van der Waals surface area contributed by atoms with Gasteiger partial charge in [-0.2, -0.15) is 5.26 Å². The first-order chi connectivity index (χ1) is 11.9.